The lowest BCUT2D eigenvalue weighted by molar-refractivity contribution is -0.113. The molecule has 3 rings (SSSR count). The van der Waals surface area contributed by atoms with Crippen LogP contribution in [0.5, 0.6) is 5.75 Å². The molecule has 0 saturated heterocycles. The molecule has 0 aliphatic heterocycles. The number of carbonyl (C=O) groups excluding carboxylic acids is 1. The van der Waals surface area contributed by atoms with Crippen molar-refractivity contribution in [2.24, 2.45) is 0 Å². The number of nitrogens with zero attached hydrogens (tertiary/aromatic N) is 2. The first-order chi connectivity index (χ1) is 11.6. The van der Waals surface area contributed by atoms with Gasteiger partial charge in [0.25, 0.3) is 0 Å². The van der Waals surface area contributed by atoms with Crippen molar-refractivity contribution in [3.8, 4) is 5.75 Å². The monoisotopic (exact) mass is 362 g/mol. The van der Waals surface area contributed by atoms with E-state index in [4.69, 9.17) is 16.3 Å². The molecule has 2 N–H and O–H groups in total. The van der Waals surface area contributed by atoms with E-state index in [-0.39, 0.29) is 11.7 Å². The summed E-state index contributed by atoms with van der Waals surface area (Å²) < 4.78 is 5.36. The SMILES string of the molecule is CCOc1ccc(NC(=O)CSc2nc3ncc(Cl)cc3[nH]2)cc1. The van der Waals surface area contributed by atoms with Gasteiger partial charge >= 0.3 is 0 Å². The molecule has 1 amide bonds. The van der Waals surface area contributed by atoms with Gasteiger partial charge in [-0.3, -0.25) is 4.79 Å². The highest BCUT2D eigenvalue weighted by Gasteiger charge is 2.08. The van der Waals surface area contributed by atoms with Gasteiger partial charge < -0.3 is 15.0 Å². The van der Waals surface area contributed by atoms with Gasteiger partial charge in [-0.25, -0.2) is 9.97 Å². The molecule has 0 bridgehead atoms. The minimum absolute atomic E-state index is 0.115. The molecular formula is C16H15ClN4O2S. The summed E-state index contributed by atoms with van der Waals surface area (Å²) in [5.41, 5.74) is 2.05. The number of aromatic amines is 1. The Bertz CT molecular complexity index is 851. The third-order valence-electron chi connectivity index (χ3n) is 3.07. The average molecular weight is 363 g/mol. The van der Waals surface area contributed by atoms with Crippen LogP contribution in [0, 0.1) is 0 Å². The number of pyridine rings is 1. The quantitative estimate of drug-likeness (QED) is 0.653. The fourth-order valence-electron chi connectivity index (χ4n) is 2.05. The number of carbonyl (C=O) groups is 1. The molecule has 0 aliphatic carbocycles. The summed E-state index contributed by atoms with van der Waals surface area (Å²) in [5.74, 6) is 0.898. The Balaban J connectivity index is 1.56. The highest BCUT2D eigenvalue weighted by Crippen LogP contribution is 2.21. The lowest BCUT2D eigenvalue weighted by Crippen LogP contribution is -2.14. The largest absolute Gasteiger partial charge is 0.494 e. The normalized spacial score (nSPS) is 10.8. The number of amides is 1. The molecule has 3 aromatic rings. The average Bonchev–Trinajstić information content (AvgIpc) is 2.97. The van der Waals surface area contributed by atoms with Crippen LogP contribution in [0.15, 0.2) is 41.7 Å². The summed E-state index contributed by atoms with van der Waals surface area (Å²) in [6.45, 7) is 2.54. The van der Waals surface area contributed by atoms with Crippen LogP contribution in [0.2, 0.25) is 5.02 Å². The molecule has 0 saturated carbocycles. The van der Waals surface area contributed by atoms with E-state index in [2.05, 4.69) is 20.3 Å². The first kappa shape index (κ1) is 16.6. The number of imidazole rings is 1. The van der Waals surface area contributed by atoms with Gasteiger partial charge in [0, 0.05) is 11.9 Å². The van der Waals surface area contributed by atoms with Crippen LogP contribution >= 0.6 is 23.4 Å². The number of thioether (sulfide) groups is 1. The molecule has 2 aromatic heterocycles. The van der Waals surface area contributed by atoms with Crippen molar-refractivity contribution in [3.63, 3.8) is 0 Å². The molecule has 6 nitrogen and oxygen atoms in total. The number of hydrogen-bond acceptors (Lipinski definition) is 5. The Kier molecular flexibility index (Phi) is 5.22. The number of H-pyrrole nitrogens is 1. The molecule has 0 fully saturated rings. The van der Waals surface area contributed by atoms with Gasteiger partial charge in [0.2, 0.25) is 5.91 Å². The van der Waals surface area contributed by atoms with E-state index in [9.17, 15) is 4.79 Å². The maximum Gasteiger partial charge on any atom is 0.234 e. The smallest absolute Gasteiger partial charge is 0.234 e. The molecule has 8 heteroatoms. The predicted octanol–water partition coefficient (Wildman–Crippen LogP) is 3.74. The lowest BCUT2D eigenvalue weighted by atomic mass is 10.3. The van der Waals surface area contributed by atoms with E-state index in [0.29, 0.717) is 22.4 Å². The molecule has 0 aliphatic rings. The third kappa shape index (κ3) is 4.18. The van der Waals surface area contributed by atoms with E-state index in [0.717, 1.165) is 17.0 Å². The van der Waals surface area contributed by atoms with Gasteiger partial charge in [-0.15, -0.1) is 0 Å². The molecule has 2 heterocycles. The maximum atomic E-state index is 12.0. The first-order valence-corrected chi connectivity index (χ1v) is 8.67. The van der Waals surface area contributed by atoms with Gasteiger partial charge in [0.1, 0.15) is 5.75 Å². The number of aromatic nitrogens is 3. The second kappa shape index (κ2) is 7.55. The number of anilines is 1. The first-order valence-electron chi connectivity index (χ1n) is 7.31. The van der Waals surface area contributed by atoms with Crippen LogP contribution in [0.1, 0.15) is 6.92 Å². The third-order valence-corrected chi connectivity index (χ3v) is 4.15. The van der Waals surface area contributed by atoms with Crippen molar-refractivity contribution in [1.29, 1.82) is 0 Å². The predicted molar refractivity (Wildman–Crippen MR) is 95.9 cm³/mol. The summed E-state index contributed by atoms with van der Waals surface area (Å²) in [4.78, 5) is 23.5. The molecule has 1 aromatic carbocycles. The van der Waals surface area contributed by atoms with Crippen LogP contribution in [-0.4, -0.2) is 33.2 Å². The van der Waals surface area contributed by atoms with E-state index in [1.165, 1.54) is 18.0 Å². The molecule has 0 spiro atoms. The topological polar surface area (TPSA) is 79.9 Å². The van der Waals surface area contributed by atoms with Crippen molar-refractivity contribution >= 4 is 46.1 Å². The van der Waals surface area contributed by atoms with Crippen molar-refractivity contribution in [3.05, 3.63) is 41.6 Å². The van der Waals surface area contributed by atoms with Crippen LogP contribution in [0.3, 0.4) is 0 Å². The Morgan fingerprint density at radius 3 is 2.92 bits per heavy atom. The molecule has 0 atom stereocenters. The second-order valence-electron chi connectivity index (χ2n) is 4.86. The zero-order chi connectivity index (χ0) is 16.9. The van der Waals surface area contributed by atoms with E-state index in [1.54, 1.807) is 18.2 Å². The minimum atomic E-state index is -0.115. The Hall–Kier alpha value is -2.25. The minimum Gasteiger partial charge on any atom is -0.494 e. The van der Waals surface area contributed by atoms with Gasteiger partial charge in [-0.05, 0) is 37.3 Å². The van der Waals surface area contributed by atoms with Crippen LogP contribution < -0.4 is 10.1 Å². The highest BCUT2D eigenvalue weighted by atomic mass is 35.5. The Labute approximate surface area is 148 Å². The number of nitrogens with one attached hydrogen (secondary N) is 2. The fourth-order valence-corrected chi connectivity index (χ4v) is 2.88. The van der Waals surface area contributed by atoms with Gasteiger partial charge in [0.15, 0.2) is 10.8 Å². The summed E-state index contributed by atoms with van der Waals surface area (Å²) in [6.07, 6.45) is 1.54. The van der Waals surface area contributed by atoms with Gasteiger partial charge in [0.05, 0.1) is 22.9 Å². The van der Waals surface area contributed by atoms with Crippen molar-refractivity contribution in [2.45, 2.75) is 12.1 Å². The summed E-state index contributed by atoms with van der Waals surface area (Å²) in [7, 11) is 0. The van der Waals surface area contributed by atoms with Crippen molar-refractivity contribution < 1.29 is 9.53 Å². The van der Waals surface area contributed by atoms with Crippen LogP contribution in [0.4, 0.5) is 5.69 Å². The Morgan fingerprint density at radius 1 is 1.38 bits per heavy atom. The molecule has 124 valence electrons. The number of hydrogen-bond donors (Lipinski definition) is 2. The molecule has 24 heavy (non-hydrogen) atoms. The summed E-state index contributed by atoms with van der Waals surface area (Å²) in [5, 5.41) is 4.00. The molecular weight excluding hydrogens is 348 g/mol. The van der Waals surface area contributed by atoms with Gasteiger partial charge in [-0.2, -0.15) is 0 Å². The Morgan fingerprint density at radius 2 is 2.17 bits per heavy atom. The highest BCUT2D eigenvalue weighted by molar-refractivity contribution is 7.99. The van der Waals surface area contributed by atoms with E-state index in [1.807, 2.05) is 19.1 Å². The van der Waals surface area contributed by atoms with E-state index < -0.39 is 0 Å². The zero-order valence-electron chi connectivity index (χ0n) is 12.9. The standard InChI is InChI=1S/C16H15ClN4O2S/c1-2-23-12-5-3-11(4-6-12)19-14(22)9-24-16-20-13-7-10(17)8-18-15(13)21-16/h3-8H,2,9H2,1H3,(H,19,22)(H,18,20,21). The van der Waals surface area contributed by atoms with Crippen LogP contribution in [0.25, 0.3) is 11.2 Å². The number of ether oxygens (including phenoxy) is 1. The van der Waals surface area contributed by atoms with Crippen molar-refractivity contribution in [2.75, 3.05) is 17.7 Å². The molecule has 0 unspecified atom stereocenters. The number of halogens is 1. The number of benzene rings is 1. The van der Waals surface area contributed by atoms with Gasteiger partial charge in [-0.1, -0.05) is 23.4 Å². The van der Waals surface area contributed by atoms with Crippen molar-refractivity contribution in [1.82, 2.24) is 15.0 Å². The second-order valence-corrected chi connectivity index (χ2v) is 6.26. The number of rotatable bonds is 6. The number of fused-ring (bicyclic) bond motifs is 1. The summed E-state index contributed by atoms with van der Waals surface area (Å²) >= 11 is 7.19. The lowest BCUT2D eigenvalue weighted by Gasteiger charge is -2.06. The maximum absolute atomic E-state index is 12.0. The fraction of sp³-hybridized carbons (Fsp3) is 0.188. The zero-order valence-corrected chi connectivity index (χ0v) is 14.4. The van der Waals surface area contributed by atoms with E-state index >= 15 is 0 Å². The van der Waals surface area contributed by atoms with Crippen LogP contribution in [-0.2, 0) is 4.79 Å². The molecule has 0 radical (unpaired) electrons. The summed E-state index contributed by atoms with van der Waals surface area (Å²) in [6, 6.07) is 9.00.